The fourth-order valence-corrected chi connectivity index (χ4v) is 4.19. The van der Waals surface area contributed by atoms with Crippen molar-refractivity contribution in [2.45, 2.75) is 6.92 Å². The highest BCUT2D eigenvalue weighted by Gasteiger charge is 2.07. The van der Waals surface area contributed by atoms with Crippen molar-refractivity contribution in [1.29, 1.82) is 0 Å². The van der Waals surface area contributed by atoms with Gasteiger partial charge in [0.2, 0.25) is 0 Å². The van der Waals surface area contributed by atoms with Crippen LogP contribution in [-0.2, 0) is 0 Å². The first-order valence-electron chi connectivity index (χ1n) is 11.1. The normalized spacial score (nSPS) is 11.2. The Hall–Kier alpha value is -4.17. The van der Waals surface area contributed by atoms with Crippen molar-refractivity contribution in [3.63, 3.8) is 0 Å². The third-order valence-corrected chi connectivity index (χ3v) is 5.96. The summed E-state index contributed by atoms with van der Waals surface area (Å²) in [6, 6.07) is 36.1. The molecule has 0 spiro atoms. The van der Waals surface area contributed by atoms with Crippen molar-refractivity contribution >= 4 is 22.5 Å². The lowest BCUT2D eigenvalue weighted by molar-refractivity contribution is 0.628. The Morgan fingerprint density at radius 3 is 2.15 bits per heavy atom. The summed E-state index contributed by atoms with van der Waals surface area (Å²) in [5.41, 5.74) is 7.68. The van der Waals surface area contributed by atoms with Gasteiger partial charge in [-0.1, -0.05) is 91.0 Å². The largest absolute Gasteiger partial charge is 0.361 e. The summed E-state index contributed by atoms with van der Waals surface area (Å²) in [7, 11) is 0. The molecule has 0 bridgehead atoms. The number of benzene rings is 5. The summed E-state index contributed by atoms with van der Waals surface area (Å²) < 4.78 is 13.6. The molecule has 0 radical (unpaired) electrons. The Labute approximate surface area is 193 Å². The zero-order valence-electron chi connectivity index (χ0n) is 18.4. The van der Waals surface area contributed by atoms with Gasteiger partial charge in [0.25, 0.3) is 0 Å². The summed E-state index contributed by atoms with van der Waals surface area (Å²) in [6.07, 6.45) is 4.11. The minimum Gasteiger partial charge on any atom is -0.361 e. The van der Waals surface area contributed by atoms with Crippen LogP contribution in [0.1, 0.15) is 11.1 Å². The van der Waals surface area contributed by atoms with Crippen molar-refractivity contribution in [2.24, 2.45) is 0 Å². The number of anilines is 1. The Morgan fingerprint density at radius 1 is 0.636 bits per heavy atom. The number of aryl methyl sites for hydroxylation is 1. The quantitative estimate of drug-likeness (QED) is 0.295. The standard InChI is InChI=1S/C31H24FN/c1-22-7-2-5-12-31(22)33-20-19-25-17-18-29(30-11-4-3-10-28(25)30)24-15-13-23(14-16-24)26-8-6-9-27(32)21-26/h2-21,33H,1H3/b20-19-. The molecule has 0 aliphatic rings. The van der Waals surface area contributed by atoms with Crippen LogP contribution in [0.25, 0.3) is 39.1 Å². The number of halogens is 1. The Bertz CT molecular complexity index is 1450. The van der Waals surface area contributed by atoms with E-state index in [1.54, 1.807) is 12.1 Å². The van der Waals surface area contributed by atoms with Crippen molar-refractivity contribution in [3.8, 4) is 22.3 Å². The predicted octanol–water partition coefficient (Wildman–Crippen LogP) is 8.70. The fraction of sp³-hybridized carbons (Fsp3) is 0.0323. The summed E-state index contributed by atoms with van der Waals surface area (Å²) in [5, 5.41) is 5.79. The molecule has 5 rings (SSSR count). The van der Waals surface area contributed by atoms with E-state index in [4.69, 9.17) is 0 Å². The molecule has 160 valence electrons. The Balaban J connectivity index is 1.47. The molecule has 5 aromatic rings. The molecular weight excluding hydrogens is 405 g/mol. The molecular formula is C31H24FN. The van der Waals surface area contributed by atoms with Gasteiger partial charge in [0.1, 0.15) is 5.82 Å². The number of para-hydroxylation sites is 1. The second kappa shape index (κ2) is 9.13. The molecule has 5 aromatic carbocycles. The molecule has 1 nitrogen and oxygen atoms in total. The van der Waals surface area contributed by atoms with Gasteiger partial charge in [-0.15, -0.1) is 0 Å². The van der Waals surface area contributed by atoms with Crippen molar-refractivity contribution in [3.05, 3.63) is 132 Å². The summed E-state index contributed by atoms with van der Waals surface area (Å²) in [5.74, 6) is -0.219. The molecule has 33 heavy (non-hydrogen) atoms. The van der Waals surface area contributed by atoms with E-state index in [0.29, 0.717) is 0 Å². The molecule has 0 unspecified atom stereocenters. The van der Waals surface area contributed by atoms with Crippen LogP contribution in [-0.4, -0.2) is 0 Å². The van der Waals surface area contributed by atoms with Crippen LogP contribution in [0.4, 0.5) is 10.1 Å². The lowest BCUT2D eigenvalue weighted by Crippen LogP contribution is -1.90. The topological polar surface area (TPSA) is 12.0 Å². The van der Waals surface area contributed by atoms with E-state index in [1.807, 2.05) is 24.4 Å². The van der Waals surface area contributed by atoms with Crippen LogP contribution in [0, 0.1) is 12.7 Å². The molecule has 0 aliphatic carbocycles. The van der Waals surface area contributed by atoms with E-state index in [2.05, 4.69) is 91.1 Å². The number of hydrogen-bond acceptors (Lipinski definition) is 1. The molecule has 0 atom stereocenters. The molecule has 0 aromatic heterocycles. The lowest BCUT2D eigenvalue weighted by atomic mass is 9.94. The average molecular weight is 430 g/mol. The first-order chi connectivity index (χ1) is 16.2. The molecule has 0 fully saturated rings. The molecule has 0 saturated heterocycles. The number of nitrogens with one attached hydrogen (secondary N) is 1. The zero-order valence-corrected chi connectivity index (χ0v) is 18.4. The average Bonchev–Trinajstić information content (AvgIpc) is 2.85. The van der Waals surface area contributed by atoms with Crippen LogP contribution in [0.5, 0.6) is 0 Å². The van der Waals surface area contributed by atoms with Crippen LogP contribution in [0.3, 0.4) is 0 Å². The maximum atomic E-state index is 13.6. The summed E-state index contributed by atoms with van der Waals surface area (Å²) >= 11 is 0. The fourth-order valence-electron chi connectivity index (χ4n) is 4.19. The second-order valence-corrected chi connectivity index (χ2v) is 8.13. The SMILES string of the molecule is Cc1ccccc1N/C=C\c1ccc(-c2ccc(-c3cccc(F)c3)cc2)c2ccccc12. The monoisotopic (exact) mass is 429 g/mol. The minimum absolute atomic E-state index is 0.219. The van der Waals surface area contributed by atoms with Gasteiger partial charge in [-0.3, -0.25) is 0 Å². The van der Waals surface area contributed by atoms with Crippen LogP contribution in [0.2, 0.25) is 0 Å². The maximum Gasteiger partial charge on any atom is 0.123 e. The minimum atomic E-state index is -0.219. The zero-order chi connectivity index (χ0) is 22.6. The van der Waals surface area contributed by atoms with Crippen molar-refractivity contribution < 1.29 is 4.39 Å². The predicted molar refractivity (Wildman–Crippen MR) is 139 cm³/mol. The highest BCUT2D eigenvalue weighted by atomic mass is 19.1. The third-order valence-electron chi connectivity index (χ3n) is 5.96. The van der Waals surface area contributed by atoms with Gasteiger partial charge in [0.05, 0.1) is 0 Å². The van der Waals surface area contributed by atoms with E-state index in [-0.39, 0.29) is 5.82 Å². The van der Waals surface area contributed by atoms with Gasteiger partial charge in [-0.25, -0.2) is 4.39 Å². The van der Waals surface area contributed by atoms with E-state index in [1.165, 1.54) is 28.0 Å². The Kier molecular flexibility index (Phi) is 5.73. The molecule has 0 amide bonds. The Morgan fingerprint density at radius 2 is 1.36 bits per heavy atom. The number of fused-ring (bicyclic) bond motifs is 1. The second-order valence-electron chi connectivity index (χ2n) is 8.13. The van der Waals surface area contributed by atoms with Gasteiger partial charge in [0, 0.05) is 11.9 Å². The van der Waals surface area contributed by atoms with E-state index >= 15 is 0 Å². The summed E-state index contributed by atoms with van der Waals surface area (Å²) in [4.78, 5) is 0. The maximum absolute atomic E-state index is 13.6. The van der Waals surface area contributed by atoms with Gasteiger partial charge < -0.3 is 5.32 Å². The first kappa shape index (κ1) is 20.7. The van der Waals surface area contributed by atoms with Crippen molar-refractivity contribution in [2.75, 3.05) is 5.32 Å². The van der Waals surface area contributed by atoms with E-state index < -0.39 is 0 Å². The highest BCUT2D eigenvalue weighted by molar-refractivity contribution is 6.01. The smallest absolute Gasteiger partial charge is 0.123 e. The van der Waals surface area contributed by atoms with Gasteiger partial charge in [-0.2, -0.15) is 0 Å². The van der Waals surface area contributed by atoms with Crippen LogP contribution < -0.4 is 5.32 Å². The number of hydrogen-bond donors (Lipinski definition) is 1. The molecule has 1 N–H and O–H groups in total. The first-order valence-corrected chi connectivity index (χ1v) is 11.1. The molecule has 0 saturated carbocycles. The highest BCUT2D eigenvalue weighted by Crippen LogP contribution is 2.33. The summed E-state index contributed by atoms with van der Waals surface area (Å²) in [6.45, 7) is 2.10. The molecule has 0 heterocycles. The third kappa shape index (κ3) is 4.42. The molecule has 2 heteroatoms. The van der Waals surface area contributed by atoms with Gasteiger partial charge in [0.15, 0.2) is 0 Å². The van der Waals surface area contributed by atoms with E-state index in [9.17, 15) is 4.39 Å². The van der Waals surface area contributed by atoms with Crippen LogP contribution >= 0.6 is 0 Å². The lowest BCUT2D eigenvalue weighted by Gasteiger charge is -2.11. The molecule has 0 aliphatic heterocycles. The van der Waals surface area contributed by atoms with Gasteiger partial charge in [-0.05, 0) is 75.4 Å². The number of rotatable bonds is 5. The van der Waals surface area contributed by atoms with Crippen LogP contribution in [0.15, 0.2) is 115 Å². The van der Waals surface area contributed by atoms with Crippen molar-refractivity contribution in [1.82, 2.24) is 0 Å². The van der Waals surface area contributed by atoms with E-state index in [0.717, 1.165) is 27.9 Å². The van der Waals surface area contributed by atoms with Gasteiger partial charge >= 0.3 is 0 Å².